The fourth-order valence-electron chi connectivity index (χ4n) is 1.82. The molecule has 0 amide bonds. The number of aryl methyl sites for hydroxylation is 2. The van der Waals surface area contributed by atoms with Crippen LogP contribution in [0.1, 0.15) is 16.7 Å². The van der Waals surface area contributed by atoms with E-state index in [-0.39, 0.29) is 27.4 Å². The molecule has 7 heteroatoms. The number of benzene rings is 1. The molecule has 0 unspecified atom stereocenters. The first-order chi connectivity index (χ1) is 9.85. The van der Waals surface area contributed by atoms with Crippen molar-refractivity contribution in [2.45, 2.75) is 18.7 Å². The van der Waals surface area contributed by atoms with E-state index in [2.05, 4.69) is 9.71 Å². The van der Waals surface area contributed by atoms with Crippen molar-refractivity contribution < 1.29 is 12.8 Å². The normalized spacial score (nSPS) is 11.0. The third-order valence-electron chi connectivity index (χ3n) is 2.88. The van der Waals surface area contributed by atoms with Crippen LogP contribution in [0.15, 0.2) is 35.4 Å². The van der Waals surface area contributed by atoms with E-state index in [1.54, 1.807) is 0 Å². The Morgan fingerprint density at radius 1 is 1.29 bits per heavy atom. The molecule has 0 aliphatic rings. The first kappa shape index (κ1) is 14.9. The number of pyridine rings is 1. The zero-order valence-corrected chi connectivity index (χ0v) is 12.2. The predicted molar refractivity (Wildman–Crippen MR) is 75.6 cm³/mol. The first-order valence-electron chi connectivity index (χ1n) is 6.00. The van der Waals surface area contributed by atoms with Gasteiger partial charge in [-0.3, -0.25) is 4.72 Å². The number of aromatic nitrogens is 1. The van der Waals surface area contributed by atoms with Crippen LogP contribution in [-0.4, -0.2) is 13.4 Å². The summed E-state index contributed by atoms with van der Waals surface area (Å²) in [6.45, 7) is 2.98. The van der Waals surface area contributed by atoms with E-state index < -0.39 is 15.8 Å². The van der Waals surface area contributed by atoms with Crippen molar-refractivity contribution in [3.8, 4) is 6.07 Å². The molecular weight excluding hydrogens is 293 g/mol. The number of halogens is 1. The minimum Gasteiger partial charge on any atom is -0.262 e. The topological polar surface area (TPSA) is 82.8 Å². The maximum atomic E-state index is 13.6. The van der Waals surface area contributed by atoms with Gasteiger partial charge in [0.05, 0.1) is 10.5 Å². The highest BCUT2D eigenvalue weighted by molar-refractivity contribution is 7.92. The van der Waals surface area contributed by atoms with Crippen molar-refractivity contribution in [3.63, 3.8) is 0 Å². The van der Waals surface area contributed by atoms with Gasteiger partial charge in [-0.15, -0.1) is 0 Å². The molecule has 2 aromatic rings. The number of sulfonamides is 1. The summed E-state index contributed by atoms with van der Waals surface area (Å²) < 4.78 is 40.4. The minimum atomic E-state index is -3.94. The Morgan fingerprint density at radius 2 is 1.90 bits per heavy atom. The number of nitrogens with zero attached hydrogens (tertiary/aromatic N) is 2. The Balaban J connectivity index is 2.47. The second-order valence-electron chi connectivity index (χ2n) is 4.49. The van der Waals surface area contributed by atoms with Crippen molar-refractivity contribution >= 4 is 15.8 Å². The summed E-state index contributed by atoms with van der Waals surface area (Å²) >= 11 is 0. The molecule has 1 N–H and O–H groups in total. The molecule has 0 spiro atoms. The Labute approximate surface area is 122 Å². The monoisotopic (exact) mass is 305 g/mol. The zero-order chi connectivity index (χ0) is 15.6. The Bertz CT molecular complexity index is 819. The Hall–Kier alpha value is -2.46. The minimum absolute atomic E-state index is 0.0559. The Morgan fingerprint density at radius 3 is 2.48 bits per heavy atom. The molecule has 2 rings (SSSR count). The van der Waals surface area contributed by atoms with Crippen LogP contribution < -0.4 is 4.72 Å². The lowest BCUT2D eigenvalue weighted by Crippen LogP contribution is -2.15. The fourth-order valence-corrected chi connectivity index (χ4v) is 3.02. The van der Waals surface area contributed by atoms with Crippen molar-refractivity contribution in [1.82, 2.24) is 4.98 Å². The maximum absolute atomic E-state index is 13.6. The maximum Gasteiger partial charge on any atom is 0.263 e. The van der Waals surface area contributed by atoms with Crippen molar-refractivity contribution in [2.24, 2.45) is 0 Å². The number of nitrogens with one attached hydrogen (secondary N) is 1. The molecule has 5 nitrogen and oxygen atoms in total. The van der Waals surface area contributed by atoms with E-state index >= 15 is 0 Å². The van der Waals surface area contributed by atoms with E-state index in [9.17, 15) is 12.8 Å². The summed E-state index contributed by atoms with van der Waals surface area (Å²) in [5, 5.41) is 8.94. The van der Waals surface area contributed by atoms with Gasteiger partial charge in [0.1, 0.15) is 11.9 Å². The summed E-state index contributed by atoms with van der Waals surface area (Å²) in [6.07, 6.45) is 1.37. The lowest BCUT2D eigenvalue weighted by Gasteiger charge is -2.10. The smallest absolute Gasteiger partial charge is 0.262 e. The highest BCUT2D eigenvalue weighted by Gasteiger charge is 2.19. The van der Waals surface area contributed by atoms with Crippen LogP contribution >= 0.6 is 0 Å². The van der Waals surface area contributed by atoms with Crippen LogP contribution in [-0.2, 0) is 10.0 Å². The van der Waals surface area contributed by atoms with Gasteiger partial charge in [0, 0.05) is 6.20 Å². The lowest BCUT2D eigenvalue weighted by atomic mass is 10.1. The zero-order valence-electron chi connectivity index (χ0n) is 11.4. The van der Waals surface area contributed by atoms with E-state index in [0.717, 1.165) is 0 Å². The second-order valence-corrected chi connectivity index (χ2v) is 6.17. The first-order valence-corrected chi connectivity index (χ1v) is 7.48. The summed E-state index contributed by atoms with van der Waals surface area (Å²) in [4.78, 5) is 3.76. The van der Waals surface area contributed by atoms with Gasteiger partial charge in [0.15, 0.2) is 5.82 Å². The molecular formula is C14H12FN3O2S. The van der Waals surface area contributed by atoms with Gasteiger partial charge >= 0.3 is 0 Å². The number of anilines is 1. The number of hydrogen-bond donors (Lipinski definition) is 1. The molecule has 1 aromatic heterocycles. The third kappa shape index (κ3) is 3.01. The summed E-state index contributed by atoms with van der Waals surface area (Å²) in [7, 11) is -3.94. The number of nitriles is 1. The van der Waals surface area contributed by atoms with Gasteiger partial charge in [-0.1, -0.05) is 0 Å². The van der Waals surface area contributed by atoms with Gasteiger partial charge in [0.25, 0.3) is 10.0 Å². The summed E-state index contributed by atoms with van der Waals surface area (Å²) in [5.74, 6) is -0.496. The fraction of sp³-hybridized carbons (Fsp3) is 0.143. The van der Waals surface area contributed by atoms with Gasteiger partial charge < -0.3 is 0 Å². The highest BCUT2D eigenvalue weighted by atomic mass is 32.2. The molecule has 108 valence electrons. The molecule has 1 aromatic carbocycles. The molecule has 0 aliphatic heterocycles. The molecule has 0 fully saturated rings. The largest absolute Gasteiger partial charge is 0.263 e. The summed E-state index contributed by atoms with van der Waals surface area (Å²) in [5.41, 5.74) is 0.574. The van der Waals surface area contributed by atoms with E-state index in [0.29, 0.717) is 0 Å². The molecule has 0 saturated carbocycles. The van der Waals surface area contributed by atoms with Gasteiger partial charge in [-0.05, 0) is 49.2 Å². The van der Waals surface area contributed by atoms with Crippen LogP contribution in [0, 0.1) is 31.0 Å². The van der Waals surface area contributed by atoms with E-state index in [1.165, 1.54) is 44.3 Å². The van der Waals surface area contributed by atoms with Crippen LogP contribution in [0.3, 0.4) is 0 Å². The van der Waals surface area contributed by atoms with Crippen molar-refractivity contribution in [3.05, 3.63) is 53.0 Å². The van der Waals surface area contributed by atoms with Crippen molar-refractivity contribution in [2.75, 3.05) is 4.72 Å². The van der Waals surface area contributed by atoms with Gasteiger partial charge in [0.2, 0.25) is 0 Å². The molecule has 0 atom stereocenters. The van der Waals surface area contributed by atoms with E-state index in [1.807, 2.05) is 6.07 Å². The van der Waals surface area contributed by atoms with Crippen molar-refractivity contribution in [1.29, 1.82) is 5.26 Å². The van der Waals surface area contributed by atoms with Gasteiger partial charge in [-0.25, -0.2) is 17.8 Å². The second kappa shape index (κ2) is 5.50. The SMILES string of the molecule is Cc1cc(S(=O)(=O)Nc2ncccc2C#N)cc(C)c1F. The predicted octanol–water partition coefficient (Wildman–Crippen LogP) is 2.51. The van der Waals surface area contributed by atoms with E-state index in [4.69, 9.17) is 5.26 Å². The quantitative estimate of drug-likeness (QED) is 0.944. The van der Waals surface area contributed by atoms with Crippen LogP contribution in [0.5, 0.6) is 0 Å². The standard InChI is InChI=1S/C14H12FN3O2S/c1-9-6-12(7-10(2)13(9)15)21(19,20)18-14-11(8-16)4-3-5-17-14/h3-7H,1-2H3,(H,17,18). The van der Waals surface area contributed by atoms with Crippen LogP contribution in [0.2, 0.25) is 0 Å². The number of hydrogen-bond acceptors (Lipinski definition) is 4. The third-order valence-corrected chi connectivity index (χ3v) is 4.20. The molecule has 21 heavy (non-hydrogen) atoms. The molecule has 0 radical (unpaired) electrons. The molecule has 0 saturated heterocycles. The average molecular weight is 305 g/mol. The van der Waals surface area contributed by atoms with Crippen LogP contribution in [0.4, 0.5) is 10.2 Å². The number of rotatable bonds is 3. The molecule has 0 bridgehead atoms. The Kier molecular flexibility index (Phi) is 3.91. The summed E-state index contributed by atoms with van der Waals surface area (Å²) in [6, 6.07) is 7.30. The van der Waals surface area contributed by atoms with Gasteiger partial charge in [-0.2, -0.15) is 5.26 Å². The average Bonchev–Trinajstić information content (AvgIpc) is 2.44. The lowest BCUT2D eigenvalue weighted by molar-refractivity contribution is 0.595. The highest BCUT2D eigenvalue weighted by Crippen LogP contribution is 2.21. The molecule has 0 aliphatic carbocycles. The van der Waals surface area contributed by atoms with Crippen LogP contribution in [0.25, 0.3) is 0 Å². The molecule has 1 heterocycles.